The quantitative estimate of drug-likeness (QED) is 0.376. The van der Waals surface area contributed by atoms with Crippen LogP contribution in [0.2, 0.25) is 0 Å². The van der Waals surface area contributed by atoms with Gasteiger partial charge in [0.05, 0.1) is 15.9 Å². The molecule has 4 aromatic carbocycles. The molecule has 5 rings (SSSR count). The number of nitrogens with one attached hydrogen (secondary N) is 2. The number of aromatic nitrogens is 2. The molecular weight excluding hydrogens is 424 g/mol. The van der Waals surface area contributed by atoms with Crippen LogP contribution in [-0.4, -0.2) is 24.3 Å². The van der Waals surface area contributed by atoms with E-state index in [-0.39, 0.29) is 4.90 Å². The van der Waals surface area contributed by atoms with Crippen molar-refractivity contribution in [2.75, 3.05) is 4.72 Å². The van der Waals surface area contributed by atoms with Crippen molar-refractivity contribution in [3.05, 3.63) is 90.5 Å². The average Bonchev–Trinajstić information content (AvgIpc) is 3.22. The number of hydrogen-bond acceptors (Lipinski definition) is 4. The van der Waals surface area contributed by atoms with Crippen LogP contribution in [0.1, 0.15) is 10.4 Å². The highest BCUT2D eigenvalue weighted by Gasteiger charge is 2.15. The number of hydrogen-bond donors (Lipinski definition) is 3. The van der Waals surface area contributed by atoms with E-state index >= 15 is 0 Å². The van der Waals surface area contributed by atoms with E-state index in [4.69, 9.17) is 5.73 Å². The zero-order chi connectivity index (χ0) is 22.3. The smallest absolute Gasteiger partial charge is 0.261 e. The third-order valence-electron chi connectivity index (χ3n) is 5.21. The van der Waals surface area contributed by atoms with E-state index in [1.807, 2.05) is 30.3 Å². The Morgan fingerprint density at radius 3 is 2.38 bits per heavy atom. The number of fused-ring (bicyclic) bond motifs is 2. The SMILES string of the molecule is NC(=O)c1ccc2nc(-c3ccc(S(=O)(=O)Nc4ccc5ccccc5c4)cc3)[nH]c2c1. The molecule has 0 fully saturated rings. The van der Waals surface area contributed by atoms with Crippen molar-refractivity contribution in [1.82, 2.24) is 9.97 Å². The maximum absolute atomic E-state index is 12.8. The summed E-state index contributed by atoms with van der Waals surface area (Å²) in [4.78, 5) is 19.2. The van der Waals surface area contributed by atoms with Gasteiger partial charge in [-0.25, -0.2) is 13.4 Å². The second-order valence-corrected chi connectivity index (χ2v) is 9.06. The number of sulfonamides is 1. The lowest BCUT2D eigenvalue weighted by atomic mass is 10.1. The van der Waals surface area contributed by atoms with Crippen LogP contribution in [0.3, 0.4) is 0 Å². The Bertz CT molecular complexity index is 1590. The number of amides is 1. The Balaban J connectivity index is 1.41. The number of imidazole rings is 1. The molecule has 0 bridgehead atoms. The van der Waals surface area contributed by atoms with E-state index in [0.717, 1.165) is 10.8 Å². The number of primary amides is 1. The number of rotatable bonds is 5. The first-order chi connectivity index (χ1) is 15.4. The van der Waals surface area contributed by atoms with Crippen molar-refractivity contribution in [2.24, 2.45) is 5.73 Å². The minimum absolute atomic E-state index is 0.140. The first-order valence-electron chi connectivity index (χ1n) is 9.81. The van der Waals surface area contributed by atoms with E-state index in [1.54, 1.807) is 42.5 Å². The van der Waals surface area contributed by atoms with Crippen LogP contribution >= 0.6 is 0 Å². The predicted molar refractivity (Wildman–Crippen MR) is 125 cm³/mol. The Kier molecular flexibility index (Phi) is 4.64. The van der Waals surface area contributed by atoms with Gasteiger partial charge in [-0.1, -0.05) is 30.3 Å². The highest BCUT2D eigenvalue weighted by molar-refractivity contribution is 7.92. The van der Waals surface area contributed by atoms with Gasteiger partial charge in [-0.15, -0.1) is 0 Å². The average molecular weight is 443 g/mol. The van der Waals surface area contributed by atoms with Gasteiger partial charge in [0.15, 0.2) is 0 Å². The summed E-state index contributed by atoms with van der Waals surface area (Å²) in [5.74, 6) is 0.0459. The normalized spacial score (nSPS) is 11.6. The maximum Gasteiger partial charge on any atom is 0.261 e. The van der Waals surface area contributed by atoms with Gasteiger partial charge in [-0.05, 0) is 65.4 Å². The van der Waals surface area contributed by atoms with E-state index in [9.17, 15) is 13.2 Å². The van der Waals surface area contributed by atoms with Crippen LogP contribution in [0.15, 0.2) is 89.8 Å². The third kappa shape index (κ3) is 3.67. The molecule has 32 heavy (non-hydrogen) atoms. The van der Waals surface area contributed by atoms with Gasteiger partial charge in [0.2, 0.25) is 5.91 Å². The minimum Gasteiger partial charge on any atom is -0.366 e. The number of nitrogens with zero attached hydrogens (tertiary/aromatic N) is 1. The lowest BCUT2D eigenvalue weighted by Crippen LogP contribution is -2.12. The van der Waals surface area contributed by atoms with Crippen molar-refractivity contribution in [2.45, 2.75) is 4.90 Å². The zero-order valence-corrected chi connectivity index (χ0v) is 17.6. The number of aromatic amines is 1. The molecule has 0 atom stereocenters. The van der Waals surface area contributed by atoms with Crippen molar-refractivity contribution in [1.29, 1.82) is 0 Å². The fourth-order valence-electron chi connectivity index (χ4n) is 3.56. The molecule has 8 heteroatoms. The molecule has 5 aromatic rings. The number of H-pyrrole nitrogens is 1. The van der Waals surface area contributed by atoms with Gasteiger partial charge in [-0.3, -0.25) is 9.52 Å². The largest absolute Gasteiger partial charge is 0.366 e. The highest BCUT2D eigenvalue weighted by Crippen LogP contribution is 2.25. The van der Waals surface area contributed by atoms with Crippen molar-refractivity contribution >= 4 is 43.4 Å². The lowest BCUT2D eigenvalue weighted by molar-refractivity contribution is 0.100. The van der Waals surface area contributed by atoms with Gasteiger partial charge in [0.25, 0.3) is 10.0 Å². The molecule has 1 heterocycles. The molecular formula is C24H18N4O3S. The second-order valence-electron chi connectivity index (χ2n) is 7.37. The summed E-state index contributed by atoms with van der Waals surface area (Å²) in [5, 5.41) is 1.99. The summed E-state index contributed by atoms with van der Waals surface area (Å²) in [5.41, 5.74) is 8.27. The van der Waals surface area contributed by atoms with E-state index in [1.165, 1.54) is 12.1 Å². The number of anilines is 1. The standard InChI is InChI=1S/C24H18N4O3S/c25-23(29)18-8-12-21-22(14-18)27-24(26-21)16-6-10-20(11-7-16)32(30,31)28-19-9-5-15-3-1-2-4-17(15)13-19/h1-14,28H,(H2,25,29)(H,26,27). The third-order valence-corrected chi connectivity index (χ3v) is 6.60. The molecule has 0 aliphatic carbocycles. The molecule has 7 nitrogen and oxygen atoms in total. The molecule has 0 aliphatic rings. The van der Waals surface area contributed by atoms with E-state index in [2.05, 4.69) is 14.7 Å². The fourth-order valence-corrected chi connectivity index (χ4v) is 4.61. The topological polar surface area (TPSA) is 118 Å². The number of carbonyl (C=O) groups is 1. The molecule has 158 valence electrons. The molecule has 0 unspecified atom stereocenters. The van der Waals surface area contributed by atoms with Gasteiger partial charge < -0.3 is 10.7 Å². The number of carbonyl (C=O) groups excluding carboxylic acids is 1. The van der Waals surface area contributed by atoms with Gasteiger partial charge in [0.1, 0.15) is 5.82 Å². The molecule has 0 saturated heterocycles. The molecule has 1 aromatic heterocycles. The predicted octanol–water partition coefficient (Wildman–Crippen LogP) is 4.28. The van der Waals surface area contributed by atoms with Crippen LogP contribution in [0.5, 0.6) is 0 Å². The minimum atomic E-state index is -3.75. The molecule has 0 aliphatic heterocycles. The summed E-state index contributed by atoms with van der Waals surface area (Å²) in [6.45, 7) is 0. The van der Waals surface area contributed by atoms with E-state index < -0.39 is 15.9 Å². The monoisotopic (exact) mass is 442 g/mol. The Hall–Kier alpha value is -4.17. The summed E-state index contributed by atoms with van der Waals surface area (Å²) < 4.78 is 28.3. The summed E-state index contributed by atoms with van der Waals surface area (Å²) in [6.07, 6.45) is 0. The molecule has 0 saturated carbocycles. The van der Waals surface area contributed by atoms with Crippen LogP contribution in [-0.2, 0) is 10.0 Å². The highest BCUT2D eigenvalue weighted by atomic mass is 32.2. The Morgan fingerprint density at radius 1 is 0.875 bits per heavy atom. The molecule has 1 amide bonds. The molecule has 0 spiro atoms. The zero-order valence-electron chi connectivity index (χ0n) is 16.7. The molecule has 0 radical (unpaired) electrons. The van der Waals surface area contributed by atoms with Gasteiger partial charge in [0, 0.05) is 16.8 Å². The number of nitrogens with two attached hydrogens (primary N) is 1. The van der Waals surface area contributed by atoms with Crippen LogP contribution in [0, 0.1) is 0 Å². The summed E-state index contributed by atoms with van der Waals surface area (Å²) in [6, 6.07) is 24.6. The first kappa shape index (κ1) is 19.8. The fraction of sp³-hybridized carbons (Fsp3) is 0. The molecule has 4 N–H and O–H groups in total. The van der Waals surface area contributed by atoms with E-state index in [0.29, 0.717) is 33.7 Å². The first-order valence-corrected chi connectivity index (χ1v) is 11.3. The number of benzene rings is 4. The summed E-state index contributed by atoms with van der Waals surface area (Å²) in [7, 11) is -3.75. The van der Waals surface area contributed by atoms with Crippen LogP contribution in [0.25, 0.3) is 33.2 Å². The Labute approximate surface area is 184 Å². The van der Waals surface area contributed by atoms with Crippen molar-refractivity contribution in [3.63, 3.8) is 0 Å². The maximum atomic E-state index is 12.8. The van der Waals surface area contributed by atoms with Gasteiger partial charge in [-0.2, -0.15) is 0 Å². The van der Waals surface area contributed by atoms with Crippen LogP contribution < -0.4 is 10.5 Å². The van der Waals surface area contributed by atoms with Crippen molar-refractivity contribution in [3.8, 4) is 11.4 Å². The van der Waals surface area contributed by atoms with Crippen molar-refractivity contribution < 1.29 is 13.2 Å². The second kappa shape index (κ2) is 7.51. The Morgan fingerprint density at radius 2 is 1.62 bits per heavy atom. The van der Waals surface area contributed by atoms with Gasteiger partial charge >= 0.3 is 0 Å². The van der Waals surface area contributed by atoms with Crippen LogP contribution in [0.4, 0.5) is 5.69 Å². The lowest BCUT2D eigenvalue weighted by Gasteiger charge is -2.09. The summed E-state index contributed by atoms with van der Waals surface area (Å²) >= 11 is 0.